The Kier molecular flexibility index (Phi) is 8.21. The number of hydrogen-bond donors (Lipinski definition) is 3. The van der Waals surface area contributed by atoms with Crippen LogP contribution >= 0.6 is 24.0 Å². The number of para-hydroxylation sites is 1. The molecule has 3 heterocycles. The van der Waals surface area contributed by atoms with Crippen molar-refractivity contribution in [2.45, 2.75) is 12.5 Å². The zero-order valence-electron chi connectivity index (χ0n) is 17.4. The standard InChI is InChI=1S/C22H26FN7.HI/c1-24-22(28-17-10-14-30(15-17)21-18(23)6-4-11-26-21)27-13-12-25-20-9-8-16-5-2-3-7-19(16)29-20;/h2-9,11,17H,10,12-15H2,1H3,(H,25,29)(H2,24,27,28);1H. The summed E-state index contributed by atoms with van der Waals surface area (Å²) in [5.74, 6) is 1.71. The van der Waals surface area contributed by atoms with Gasteiger partial charge in [-0.3, -0.25) is 4.99 Å². The summed E-state index contributed by atoms with van der Waals surface area (Å²) in [6.07, 6.45) is 2.52. The molecule has 0 amide bonds. The first kappa shape index (κ1) is 23.0. The smallest absolute Gasteiger partial charge is 0.191 e. The third kappa shape index (κ3) is 5.93. The first-order valence-electron chi connectivity index (χ1n) is 10.2. The predicted octanol–water partition coefficient (Wildman–Crippen LogP) is 3.24. The number of halogens is 2. The molecule has 0 aliphatic carbocycles. The Morgan fingerprint density at radius 1 is 1.16 bits per heavy atom. The van der Waals surface area contributed by atoms with Crippen LogP contribution in [0.15, 0.2) is 59.7 Å². The van der Waals surface area contributed by atoms with Crippen LogP contribution in [-0.4, -0.2) is 55.2 Å². The average molecular weight is 535 g/mol. The fourth-order valence-electron chi connectivity index (χ4n) is 3.60. The SMILES string of the molecule is CN=C(NCCNc1ccc2ccccc2n1)NC1CCN(c2ncccc2F)C1.I. The van der Waals surface area contributed by atoms with Gasteiger partial charge in [-0.2, -0.15) is 0 Å². The summed E-state index contributed by atoms with van der Waals surface area (Å²) >= 11 is 0. The monoisotopic (exact) mass is 535 g/mol. The van der Waals surface area contributed by atoms with Crippen molar-refractivity contribution in [2.75, 3.05) is 43.4 Å². The molecule has 1 aliphatic heterocycles. The topological polar surface area (TPSA) is 77.5 Å². The van der Waals surface area contributed by atoms with Gasteiger partial charge in [0.25, 0.3) is 0 Å². The van der Waals surface area contributed by atoms with E-state index in [1.54, 1.807) is 19.3 Å². The molecule has 0 bridgehead atoms. The molecular formula is C22H27FIN7. The Hall–Kier alpha value is -2.69. The maximum atomic E-state index is 14.0. The minimum absolute atomic E-state index is 0. The molecule has 1 aromatic carbocycles. The molecule has 31 heavy (non-hydrogen) atoms. The Labute approximate surface area is 198 Å². The Balaban J connectivity index is 0.00000272. The maximum absolute atomic E-state index is 14.0. The van der Waals surface area contributed by atoms with E-state index >= 15 is 0 Å². The van der Waals surface area contributed by atoms with Crippen molar-refractivity contribution in [2.24, 2.45) is 4.99 Å². The van der Waals surface area contributed by atoms with Crippen molar-refractivity contribution in [3.05, 3.63) is 60.5 Å². The summed E-state index contributed by atoms with van der Waals surface area (Å²) in [4.78, 5) is 15.0. The minimum atomic E-state index is -0.283. The van der Waals surface area contributed by atoms with Crippen molar-refractivity contribution < 1.29 is 4.39 Å². The molecule has 1 atom stereocenters. The van der Waals surface area contributed by atoms with Gasteiger partial charge in [0.1, 0.15) is 5.82 Å². The zero-order valence-corrected chi connectivity index (χ0v) is 19.7. The number of aliphatic imine (C=N–C) groups is 1. The van der Waals surface area contributed by atoms with Crippen molar-refractivity contribution >= 4 is 52.5 Å². The van der Waals surface area contributed by atoms with Crippen LogP contribution in [0.2, 0.25) is 0 Å². The van der Waals surface area contributed by atoms with Gasteiger partial charge in [0.05, 0.1) is 5.52 Å². The fourth-order valence-corrected chi connectivity index (χ4v) is 3.60. The first-order chi connectivity index (χ1) is 14.7. The predicted molar refractivity (Wildman–Crippen MR) is 135 cm³/mol. The molecule has 4 rings (SSSR count). The van der Waals surface area contributed by atoms with Crippen LogP contribution < -0.4 is 20.9 Å². The molecule has 0 spiro atoms. The first-order valence-corrected chi connectivity index (χ1v) is 10.2. The lowest BCUT2D eigenvalue weighted by atomic mass is 10.2. The van der Waals surface area contributed by atoms with Crippen LogP contribution in [0.25, 0.3) is 10.9 Å². The van der Waals surface area contributed by atoms with Crippen molar-refractivity contribution in [3.63, 3.8) is 0 Å². The minimum Gasteiger partial charge on any atom is -0.368 e. The Morgan fingerprint density at radius 3 is 2.87 bits per heavy atom. The lowest BCUT2D eigenvalue weighted by molar-refractivity contribution is 0.612. The number of anilines is 2. The van der Waals surface area contributed by atoms with Gasteiger partial charge in [0.15, 0.2) is 17.6 Å². The number of fused-ring (bicyclic) bond motifs is 1. The van der Waals surface area contributed by atoms with Crippen LogP contribution in [0.3, 0.4) is 0 Å². The molecule has 1 saturated heterocycles. The third-order valence-corrected chi connectivity index (χ3v) is 5.11. The summed E-state index contributed by atoms with van der Waals surface area (Å²) in [7, 11) is 1.75. The second-order valence-electron chi connectivity index (χ2n) is 7.20. The number of hydrogen-bond acceptors (Lipinski definition) is 5. The van der Waals surface area contributed by atoms with Crippen molar-refractivity contribution in [1.29, 1.82) is 0 Å². The summed E-state index contributed by atoms with van der Waals surface area (Å²) < 4.78 is 14.0. The summed E-state index contributed by atoms with van der Waals surface area (Å²) in [5.41, 5.74) is 0.975. The highest BCUT2D eigenvalue weighted by Crippen LogP contribution is 2.20. The lowest BCUT2D eigenvalue weighted by Gasteiger charge is -2.20. The van der Waals surface area contributed by atoms with Gasteiger partial charge in [-0.25, -0.2) is 14.4 Å². The molecule has 9 heteroatoms. The van der Waals surface area contributed by atoms with Crippen molar-refractivity contribution in [3.8, 4) is 0 Å². The Morgan fingerprint density at radius 2 is 2.03 bits per heavy atom. The van der Waals surface area contributed by atoms with E-state index in [9.17, 15) is 4.39 Å². The number of pyridine rings is 2. The molecule has 3 aromatic rings. The summed E-state index contributed by atoms with van der Waals surface area (Å²) in [6.45, 7) is 2.85. The molecule has 0 saturated carbocycles. The fraction of sp³-hybridized carbons (Fsp3) is 0.318. The summed E-state index contributed by atoms with van der Waals surface area (Å²) in [5, 5.41) is 11.2. The molecule has 7 nitrogen and oxygen atoms in total. The van der Waals surface area contributed by atoms with Gasteiger partial charge in [-0.1, -0.05) is 18.2 Å². The van der Waals surface area contributed by atoms with E-state index in [4.69, 9.17) is 0 Å². The van der Waals surface area contributed by atoms with E-state index in [0.717, 1.165) is 35.6 Å². The van der Waals surface area contributed by atoms with Crippen LogP contribution in [-0.2, 0) is 0 Å². The Bertz CT molecular complexity index is 1030. The number of rotatable bonds is 6. The second-order valence-corrected chi connectivity index (χ2v) is 7.20. The van der Waals surface area contributed by atoms with Crippen LogP contribution in [0.1, 0.15) is 6.42 Å². The van der Waals surface area contributed by atoms with Crippen LogP contribution in [0, 0.1) is 5.82 Å². The normalized spacial score (nSPS) is 16.1. The highest BCUT2D eigenvalue weighted by molar-refractivity contribution is 14.0. The van der Waals surface area contributed by atoms with Gasteiger partial charge in [-0.15, -0.1) is 24.0 Å². The van der Waals surface area contributed by atoms with Gasteiger partial charge in [0, 0.05) is 50.9 Å². The van der Waals surface area contributed by atoms with Gasteiger partial charge in [0.2, 0.25) is 0 Å². The molecule has 0 radical (unpaired) electrons. The molecular weight excluding hydrogens is 508 g/mol. The third-order valence-electron chi connectivity index (χ3n) is 5.11. The number of aromatic nitrogens is 2. The van der Waals surface area contributed by atoms with E-state index in [1.807, 2.05) is 29.2 Å². The van der Waals surface area contributed by atoms with E-state index < -0.39 is 0 Å². The number of guanidine groups is 1. The van der Waals surface area contributed by atoms with Crippen LogP contribution in [0.4, 0.5) is 16.0 Å². The largest absolute Gasteiger partial charge is 0.368 e. The molecule has 164 valence electrons. The quantitative estimate of drug-likeness (QED) is 0.195. The number of benzene rings is 1. The van der Waals surface area contributed by atoms with E-state index in [0.29, 0.717) is 25.5 Å². The number of nitrogens with one attached hydrogen (secondary N) is 3. The molecule has 1 fully saturated rings. The second kappa shape index (κ2) is 11.1. The molecule has 1 unspecified atom stereocenters. The molecule has 3 N–H and O–H groups in total. The van der Waals surface area contributed by atoms with Gasteiger partial charge >= 0.3 is 0 Å². The van der Waals surface area contributed by atoms with E-state index in [1.165, 1.54) is 6.07 Å². The maximum Gasteiger partial charge on any atom is 0.191 e. The molecule has 2 aromatic heterocycles. The zero-order chi connectivity index (χ0) is 20.8. The van der Waals surface area contributed by atoms with Gasteiger partial charge < -0.3 is 20.9 Å². The van der Waals surface area contributed by atoms with Crippen LogP contribution in [0.5, 0.6) is 0 Å². The molecule has 1 aliphatic rings. The highest BCUT2D eigenvalue weighted by Gasteiger charge is 2.25. The van der Waals surface area contributed by atoms with E-state index in [2.05, 4.69) is 43.0 Å². The van der Waals surface area contributed by atoms with Gasteiger partial charge in [-0.05, 0) is 36.8 Å². The highest BCUT2D eigenvalue weighted by atomic mass is 127. The summed E-state index contributed by atoms with van der Waals surface area (Å²) in [6, 6.07) is 15.3. The average Bonchev–Trinajstić information content (AvgIpc) is 3.24. The van der Waals surface area contributed by atoms with Crippen molar-refractivity contribution in [1.82, 2.24) is 20.6 Å². The van der Waals surface area contributed by atoms with E-state index in [-0.39, 0.29) is 35.8 Å². The number of nitrogens with zero attached hydrogens (tertiary/aromatic N) is 4. The lowest BCUT2D eigenvalue weighted by Crippen LogP contribution is -2.45.